The molecule has 1 amide bonds. The SMILES string of the molecule is CCNS(=O)(=O)c1cccc(C(N)=O)c1F. The molecule has 0 heterocycles. The van der Waals surface area contributed by atoms with Crippen molar-refractivity contribution >= 4 is 15.9 Å². The molecule has 0 aromatic heterocycles. The van der Waals surface area contributed by atoms with Crippen molar-refractivity contribution in [2.24, 2.45) is 5.73 Å². The number of hydrogen-bond donors (Lipinski definition) is 2. The van der Waals surface area contributed by atoms with Crippen molar-refractivity contribution in [3.05, 3.63) is 29.6 Å². The molecule has 0 radical (unpaired) electrons. The van der Waals surface area contributed by atoms with Gasteiger partial charge < -0.3 is 5.73 Å². The van der Waals surface area contributed by atoms with E-state index < -0.39 is 32.2 Å². The fourth-order valence-corrected chi connectivity index (χ4v) is 2.32. The van der Waals surface area contributed by atoms with E-state index in [0.717, 1.165) is 12.1 Å². The van der Waals surface area contributed by atoms with Gasteiger partial charge in [0.05, 0.1) is 5.56 Å². The summed E-state index contributed by atoms with van der Waals surface area (Å²) in [5.41, 5.74) is 4.46. The van der Waals surface area contributed by atoms with Crippen LogP contribution in [0.1, 0.15) is 17.3 Å². The van der Waals surface area contributed by atoms with Crippen LogP contribution in [0.4, 0.5) is 4.39 Å². The number of hydrogen-bond acceptors (Lipinski definition) is 3. The van der Waals surface area contributed by atoms with E-state index in [9.17, 15) is 17.6 Å². The van der Waals surface area contributed by atoms with Crippen molar-refractivity contribution in [3.63, 3.8) is 0 Å². The molecular weight excluding hydrogens is 235 g/mol. The van der Waals surface area contributed by atoms with E-state index in [4.69, 9.17) is 5.73 Å². The molecule has 1 aromatic carbocycles. The molecule has 0 saturated carbocycles. The van der Waals surface area contributed by atoms with Crippen molar-refractivity contribution in [3.8, 4) is 0 Å². The second-order valence-electron chi connectivity index (χ2n) is 2.98. The maximum absolute atomic E-state index is 13.6. The van der Waals surface area contributed by atoms with Crippen LogP contribution >= 0.6 is 0 Å². The Bertz CT molecular complexity index is 513. The van der Waals surface area contributed by atoms with Gasteiger partial charge in [0.2, 0.25) is 10.0 Å². The lowest BCUT2D eigenvalue weighted by Crippen LogP contribution is -2.25. The van der Waals surface area contributed by atoms with E-state index in [-0.39, 0.29) is 6.54 Å². The number of carbonyl (C=O) groups is 1. The highest BCUT2D eigenvalue weighted by molar-refractivity contribution is 7.89. The topological polar surface area (TPSA) is 89.3 Å². The molecule has 0 unspecified atom stereocenters. The fraction of sp³-hybridized carbons (Fsp3) is 0.222. The molecule has 0 atom stereocenters. The molecule has 16 heavy (non-hydrogen) atoms. The lowest BCUT2D eigenvalue weighted by Gasteiger charge is -2.07. The average molecular weight is 246 g/mol. The van der Waals surface area contributed by atoms with E-state index in [1.54, 1.807) is 6.92 Å². The van der Waals surface area contributed by atoms with Crippen LogP contribution in [-0.2, 0) is 10.0 Å². The number of nitrogens with one attached hydrogen (secondary N) is 1. The first-order valence-electron chi connectivity index (χ1n) is 4.48. The zero-order valence-corrected chi connectivity index (χ0v) is 9.34. The smallest absolute Gasteiger partial charge is 0.251 e. The highest BCUT2D eigenvalue weighted by Crippen LogP contribution is 2.17. The Labute approximate surface area is 92.5 Å². The number of sulfonamides is 1. The molecule has 3 N–H and O–H groups in total. The monoisotopic (exact) mass is 246 g/mol. The average Bonchev–Trinajstić information content (AvgIpc) is 2.17. The lowest BCUT2D eigenvalue weighted by molar-refractivity contribution is 0.0996. The highest BCUT2D eigenvalue weighted by Gasteiger charge is 2.21. The lowest BCUT2D eigenvalue weighted by atomic mass is 10.2. The van der Waals surface area contributed by atoms with Crippen LogP contribution in [0, 0.1) is 5.82 Å². The molecule has 1 rings (SSSR count). The second kappa shape index (κ2) is 4.58. The summed E-state index contributed by atoms with van der Waals surface area (Å²) < 4.78 is 38.8. The van der Waals surface area contributed by atoms with Crippen LogP contribution in [0.3, 0.4) is 0 Å². The Morgan fingerprint density at radius 3 is 2.62 bits per heavy atom. The maximum Gasteiger partial charge on any atom is 0.251 e. The number of primary amides is 1. The van der Waals surface area contributed by atoms with Gasteiger partial charge in [-0.05, 0) is 12.1 Å². The van der Waals surface area contributed by atoms with Gasteiger partial charge in [0.25, 0.3) is 5.91 Å². The van der Waals surface area contributed by atoms with Crippen LogP contribution in [0.5, 0.6) is 0 Å². The summed E-state index contributed by atoms with van der Waals surface area (Å²) in [5.74, 6) is -2.14. The Morgan fingerprint density at radius 1 is 1.50 bits per heavy atom. The number of amides is 1. The van der Waals surface area contributed by atoms with Gasteiger partial charge in [-0.2, -0.15) is 0 Å². The summed E-state index contributed by atoms with van der Waals surface area (Å²) in [6, 6.07) is 3.45. The number of halogens is 1. The standard InChI is InChI=1S/C9H11FN2O3S/c1-2-12-16(14,15)7-5-3-4-6(8(7)10)9(11)13/h3-5,12H,2H2,1H3,(H2,11,13). The van der Waals surface area contributed by atoms with Crippen molar-refractivity contribution in [1.29, 1.82) is 0 Å². The molecule has 0 bridgehead atoms. The van der Waals surface area contributed by atoms with Gasteiger partial charge in [0, 0.05) is 6.54 Å². The molecule has 88 valence electrons. The van der Waals surface area contributed by atoms with Gasteiger partial charge in [-0.1, -0.05) is 13.0 Å². The first kappa shape index (κ1) is 12.6. The minimum atomic E-state index is -3.93. The molecule has 0 aliphatic heterocycles. The van der Waals surface area contributed by atoms with Gasteiger partial charge in [-0.15, -0.1) is 0 Å². The predicted octanol–water partition coefficient (Wildman–Crippen LogP) is 0.223. The van der Waals surface area contributed by atoms with E-state index in [2.05, 4.69) is 4.72 Å². The summed E-state index contributed by atoms with van der Waals surface area (Å²) in [6.45, 7) is 1.69. The fourth-order valence-electron chi connectivity index (χ4n) is 1.18. The number of carbonyl (C=O) groups excluding carboxylic acids is 1. The second-order valence-corrected chi connectivity index (χ2v) is 4.72. The molecule has 1 aromatic rings. The Morgan fingerprint density at radius 2 is 2.12 bits per heavy atom. The van der Waals surface area contributed by atoms with Gasteiger partial charge >= 0.3 is 0 Å². The Kier molecular flexibility index (Phi) is 3.61. The number of benzene rings is 1. The largest absolute Gasteiger partial charge is 0.366 e. The van der Waals surface area contributed by atoms with Crippen LogP contribution in [0.25, 0.3) is 0 Å². The maximum atomic E-state index is 13.6. The van der Waals surface area contributed by atoms with Crippen LogP contribution in [0.2, 0.25) is 0 Å². The number of nitrogens with two attached hydrogens (primary N) is 1. The van der Waals surface area contributed by atoms with E-state index in [1.165, 1.54) is 6.07 Å². The summed E-state index contributed by atoms with van der Waals surface area (Å²) >= 11 is 0. The van der Waals surface area contributed by atoms with Crippen LogP contribution in [0.15, 0.2) is 23.1 Å². The summed E-state index contributed by atoms with van der Waals surface area (Å²) in [6.07, 6.45) is 0. The minimum Gasteiger partial charge on any atom is -0.366 e. The van der Waals surface area contributed by atoms with Crippen molar-refractivity contribution in [2.75, 3.05) is 6.54 Å². The normalized spacial score (nSPS) is 11.4. The molecule has 7 heteroatoms. The third kappa shape index (κ3) is 2.37. The molecule has 0 fully saturated rings. The van der Waals surface area contributed by atoms with Gasteiger partial charge in [0.1, 0.15) is 4.90 Å². The van der Waals surface area contributed by atoms with Gasteiger partial charge in [-0.25, -0.2) is 17.5 Å². The quantitative estimate of drug-likeness (QED) is 0.796. The van der Waals surface area contributed by atoms with Gasteiger partial charge in [0.15, 0.2) is 5.82 Å². The minimum absolute atomic E-state index is 0.128. The highest BCUT2D eigenvalue weighted by atomic mass is 32.2. The summed E-state index contributed by atoms with van der Waals surface area (Å²) in [4.78, 5) is 10.2. The molecule has 0 aliphatic carbocycles. The van der Waals surface area contributed by atoms with Crippen molar-refractivity contribution in [2.45, 2.75) is 11.8 Å². The first-order valence-corrected chi connectivity index (χ1v) is 5.96. The Balaban J connectivity index is 3.37. The van der Waals surface area contributed by atoms with E-state index in [1.807, 2.05) is 0 Å². The molecule has 0 saturated heterocycles. The number of rotatable bonds is 4. The first-order chi connectivity index (χ1) is 7.40. The summed E-state index contributed by atoms with van der Waals surface area (Å²) in [7, 11) is -3.93. The third-order valence-corrected chi connectivity index (χ3v) is 3.42. The summed E-state index contributed by atoms with van der Waals surface area (Å²) in [5, 5.41) is 0. The zero-order chi connectivity index (χ0) is 12.3. The Hall–Kier alpha value is -1.47. The third-order valence-electron chi connectivity index (χ3n) is 1.85. The molecule has 5 nitrogen and oxygen atoms in total. The zero-order valence-electron chi connectivity index (χ0n) is 8.53. The van der Waals surface area contributed by atoms with Crippen LogP contribution < -0.4 is 10.5 Å². The van der Waals surface area contributed by atoms with Crippen molar-refractivity contribution in [1.82, 2.24) is 4.72 Å². The van der Waals surface area contributed by atoms with Gasteiger partial charge in [-0.3, -0.25) is 4.79 Å². The van der Waals surface area contributed by atoms with E-state index >= 15 is 0 Å². The molecular formula is C9H11FN2O3S. The van der Waals surface area contributed by atoms with Crippen molar-refractivity contribution < 1.29 is 17.6 Å². The van der Waals surface area contributed by atoms with E-state index in [0.29, 0.717) is 0 Å². The predicted molar refractivity (Wildman–Crippen MR) is 55.8 cm³/mol. The molecule has 0 spiro atoms. The van der Waals surface area contributed by atoms with Crippen LogP contribution in [-0.4, -0.2) is 20.9 Å². The molecule has 0 aliphatic rings.